The lowest BCUT2D eigenvalue weighted by Crippen LogP contribution is -2.12. The highest BCUT2D eigenvalue weighted by Gasteiger charge is 2.40. The molecule has 2 aliphatic carbocycles. The van der Waals surface area contributed by atoms with E-state index in [1.807, 2.05) is 36.4 Å². The summed E-state index contributed by atoms with van der Waals surface area (Å²) in [6.45, 7) is 2.22. The Labute approximate surface area is 383 Å². The summed E-state index contributed by atoms with van der Waals surface area (Å²) in [6, 6.07) is 73.4. The topological polar surface area (TPSA) is 51.6 Å². The third-order valence-corrected chi connectivity index (χ3v) is 14.1. The molecule has 8 aromatic carbocycles. The van der Waals surface area contributed by atoms with Gasteiger partial charge in [-0.3, -0.25) is 0 Å². The van der Waals surface area contributed by atoms with Crippen LogP contribution in [0.2, 0.25) is 0 Å². The second kappa shape index (κ2) is 16.4. The van der Waals surface area contributed by atoms with Crippen molar-refractivity contribution in [3.05, 3.63) is 245 Å². The maximum atomic E-state index is 5.46. The Kier molecular flexibility index (Phi) is 9.76. The summed E-state index contributed by atoms with van der Waals surface area (Å²) in [4.78, 5) is 21.5. The van der Waals surface area contributed by atoms with Crippen molar-refractivity contribution in [2.45, 2.75) is 25.7 Å². The van der Waals surface area contributed by atoms with Crippen LogP contribution in [0.3, 0.4) is 0 Å². The summed E-state index contributed by atoms with van der Waals surface area (Å²) in [6.07, 6.45) is 1.78. The molecular weight excluding hydrogens is 809 g/mol. The summed E-state index contributed by atoms with van der Waals surface area (Å²) < 4.78 is 1.19. The van der Waals surface area contributed by atoms with Gasteiger partial charge in [0, 0.05) is 28.2 Å². The van der Waals surface area contributed by atoms with Gasteiger partial charge in [-0.25, -0.2) is 19.9 Å². The van der Waals surface area contributed by atoms with Gasteiger partial charge in [0.1, 0.15) is 5.01 Å². The normalized spacial score (nSPS) is 14.4. The Morgan fingerprint density at radius 1 is 0.400 bits per heavy atom. The van der Waals surface area contributed by atoms with Crippen LogP contribution in [0.4, 0.5) is 0 Å². The highest BCUT2D eigenvalue weighted by Crippen LogP contribution is 2.58. The molecule has 0 aliphatic heterocycles. The molecule has 0 saturated heterocycles. The molecule has 1 atom stereocenters. The van der Waals surface area contributed by atoms with Crippen molar-refractivity contribution in [3.8, 4) is 55.6 Å². The fraction of sp³-hybridized carbons (Fsp3) is 0.0667. The molecule has 10 aromatic rings. The number of allylic oxidation sites excluding steroid dienone is 4. The van der Waals surface area contributed by atoms with Gasteiger partial charge in [0.15, 0.2) is 17.5 Å². The van der Waals surface area contributed by atoms with Crippen LogP contribution in [0.15, 0.2) is 212 Å². The third-order valence-electron chi connectivity index (χ3n) is 13.0. The van der Waals surface area contributed by atoms with Crippen molar-refractivity contribution in [2.24, 2.45) is 0 Å². The van der Waals surface area contributed by atoms with Gasteiger partial charge in [-0.1, -0.05) is 182 Å². The smallest absolute Gasteiger partial charge is 0.164 e. The molecule has 5 heteroatoms. The molecule has 2 aliphatic rings. The van der Waals surface area contributed by atoms with E-state index >= 15 is 0 Å². The van der Waals surface area contributed by atoms with Crippen molar-refractivity contribution in [2.75, 3.05) is 0 Å². The van der Waals surface area contributed by atoms with Crippen LogP contribution in [0.1, 0.15) is 52.4 Å². The number of aryl methyl sites for hydroxylation is 1. The van der Waals surface area contributed by atoms with Crippen LogP contribution in [0.5, 0.6) is 0 Å². The number of fused-ring (bicyclic) bond motifs is 3. The van der Waals surface area contributed by atoms with E-state index in [0.29, 0.717) is 17.5 Å². The summed E-state index contributed by atoms with van der Waals surface area (Å²) in [5, 5.41) is 1.00. The highest BCUT2D eigenvalue weighted by molar-refractivity contribution is 7.21. The van der Waals surface area contributed by atoms with E-state index in [1.165, 1.54) is 71.5 Å². The SMILES string of the molecule is Cc1ccccc1C1=C(c2nc(-c3ccccc3)nc(-c3ccccc3)n2)C2=C(CC1)c1ccccc1C2c1cccc2nc(-c3cc(-c4ccccc4)cc(-c4ccccc4)c3)sc12. The number of hydrogen-bond acceptors (Lipinski definition) is 5. The molecule has 0 fully saturated rings. The average molecular weight is 851 g/mol. The average Bonchev–Trinajstić information content (AvgIpc) is 3.97. The highest BCUT2D eigenvalue weighted by atomic mass is 32.1. The van der Waals surface area contributed by atoms with E-state index < -0.39 is 0 Å². The molecule has 65 heavy (non-hydrogen) atoms. The van der Waals surface area contributed by atoms with E-state index in [-0.39, 0.29) is 5.92 Å². The standard InChI is InChI=1S/C60H42N4S/c1-38-19-14-15-28-46(38)49-33-34-50-47-29-16-17-30-48(47)53(54(50)55(49)59-63-57(41-24-10-4-11-25-41)62-58(64-59)42-26-12-5-13-27-42)51-31-18-32-52-56(51)65-60(61-52)45-36-43(39-20-6-2-7-21-39)35-44(37-45)40-22-8-3-9-23-40/h2-32,35-37,53H,33-34H2,1H3. The predicted octanol–water partition coefficient (Wildman–Crippen LogP) is 15.4. The van der Waals surface area contributed by atoms with E-state index in [0.717, 1.165) is 45.6 Å². The van der Waals surface area contributed by atoms with E-state index in [4.69, 9.17) is 19.9 Å². The molecule has 12 rings (SSSR count). The van der Waals surface area contributed by atoms with Crippen LogP contribution in [-0.2, 0) is 0 Å². The monoisotopic (exact) mass is 850 g/mol. The maximum Gasteiger partial charge on any atom is 0.164 e. The van der Waals surface area contributed by atoms with Gasteiger partial charge in [0.25, 0.3) is 0 Å². The molecular formula is C60H42N4S. The summed E-state index contributed by atoms with van der Waals surface area (Å²) in [7, 11) is 0. The number of aromatic nitrogens is 4. The lowest BCUT2D eigenvalue weighted by atomic mass is 9.77. The molecule has 4 nitrogen and oxygen atoms in total. The summed E-state index contributed by atoms with van der Waals surface area (Å²) >= 11 is 1.79. The van der Waals surface area contributed by atoms with Gasteiger partial charge >= 0.3 is 0 Å². The largest absolute Gasteiger partial charge is 0.236 e. The second-order valence-electron chi connectivity index (χ2n) is 16.9. The van der Waals surface area contributed by atoms with Crippen molar-refractivity contribution in [1.29, 1.82) is 0 Å². The number of nitrogens with zero attached hydrogens (tertiary/aromatic N) is 4. The Morgan fingerprint density at radius 3 is 1.51 bits per heavy atom. The minimum atomic E-state index is -0.0832. The van der Waals surface area contributed by atoms with Crippen molar-refractivity contribution >= 4 is 38.3 Å². The van der Waals surface area contributed by atoms with Gasteiger partial charge in [0.2, 0.25) is 0 Å². The molecule has 0 bridgehead atoms. The van der Waals surface area contributed by atoms with Crippen LogP contribution in [0.25, 0.3) is 82.5 Å². The number of thiazole rings is 1. The first-order valence-electron chi connectivity index (χ1n) is 22.3. The molecule has 0 spiro atoms. The maximum absolute atomic E-state index is 5.46. The second-order valence-corrected chi connectivity index (χ2v) is 17.9. The predicted molar refractivity (Wildman–Crippen MR) is 269 cm³/mol. The first kappa shape index (κ1) is 38.8. The van der Waals surface area contributed by atoms with Crippen LogP contribution in [-0.4, -0.2) is 19.9 Å². The van der Waals surface area contributed by atoms with Gasteiger partial charge in [-0.2, -0.15) is 0 Å². The first-order valence-corrected chi connectivity index (χ1v) is 23.1. The zero-order chi connectivity index (χ0) is 43.3. The fourth-order valence-electron chi connectivity index (χ4n) is 9.95. The van der Waals surface area contributed by atoms with E-state index in [1.54, 1.807) is 11.3 Å². The zero-order valence-electron chi connectivity index (χ0n) is 35.8. The molecule has 0 radical (unpaired) electrons. The van der Waals surface area contributed by atoms with E-state index in [2.05, 4.69) is 177 Å². The molecule has 0 amide bonds. The lowest BCUT2D eigenvalue weighted by Gasteiger charge is -2.28. The summed E-state index contributed by atoms with van der Waals surface area (Å²) in [5.41, 5.74) is 20.1. The fourth-order valence-corrected chi connectivity index (χ4v) is 11.0. The van der Waals surface area contributed by atoms with Crippen molar-refractivity contribution < 1.29 is 0 Å². The quantitative estimate of drug-likeness (QED) is 0.153. The van der Waals surface area contributed by atoms with Gasteiger partial charge < -0.3 is 0 Å². The zero-order valence-corrected chi connectivity index (χ0v) is 36.6. The van der Waals surface area contributed by atoms with Gasteiger partial charge in [-0.15, -0.1) is 11.3 Å². The number of rotatable bonds is 8. The molecule has 2 aromatic heterocycles. The first-order chi connectivity index (χ1) is 32.1. The number of hydrogen-bond donors (Lipinski definition) is 0. The summed E-state index contributed by atoms with van der Waals surface area (Å²) in [5.74, 6) is 1.94. The molecule has 0 saturated carbocycles. The van der Waals surface area contributed by atoms with Gasteiger partial charge in [-0.05, 0) is 111 Å². The molecule has 0 N–H and O–H groups in total. The molecule has 1 unspecified atom stereocenters. The lowest BCUT2D eigenvalue weighted by molar-refractivity contribution is 0.972. The number of benzene rings is 8. The Balaban J connectivity index is 1.09. The van der Waals surface area contributed by atoms with Crippen LogP contribution in [0, 0.1) is 6.92 Å². The Bertz CT molecular complexity index is 3370. The Hall–Kier alpha value is -7.86. The van der Waals surface area contributed by atoms with Crippen LogP contribution < -0.4 is 0 Å². The van der Waals surface area contributed by atoms with Crippen molar-refractivity contribution in [3.63, 3.8) is 0 Å². The third kappa shape index (κ3) is 7.02. The minimum absolute atomic E-state index is 0.0832. The van der Waals surface area contributed by atoms with Crippen molar-refractivity contribution in [1.82, 2.24) is 19.9 Å². The minimum Gasteiger partial charge on any atom is -0.236 e. The van der Waals surface area contributed by atoms with E-state index in [9.17, 15) is 0 Å². The molecule has 2 heterocycles. The Morgan fingerprint density at radius 2 is 0.892 bits per heavy atom. The van der Waals surface area contributed by atoms with Gasteiger partial charge in [0.05, 0.1) is 10.2 Å². The van der Waals surface area contributed by atoms with Crippen LogP contribution >= 0.6 is 11.3 Å². The molecule has 308 valence electrons.